The van der Waals surface area contributed by atoms with Gasteiger partial charge in [-0.2, -0.15) is 0 Å². The highest BCUT2D eigenvalue weighted by molar-refractivity contribution is 5.93. The number of rotatable bonds is 6. The second-order valence-electron chi connectivity index (χ2n) is 3.97. The minimum absolute atomic E-state index is 0.158. The van der Waals surface area contributed by atoms with Gasteiger partial charge in [0.05, 0.1) is 5.69 Å². The molecule has 0 aliphatic heterocycles. The maximum absolute atomic E-state index is 11.8. The SMILES string of the molecule is CCC(CC)CNC(=O)c1cc(NN)ccn1. The maximum Gasteiger partial charge on any atom is 0.269 e. The normalized spacial score (nSPS) is 10.4. The summed E-state index contributed by atoms with van der Waals surface area (Å²) in [6.07, 6.45) is 3.68. The Morgan fingerprint density at radius 1 is 1.47 bits per heavy atom. The van der Waals surface area contributed by atoms with Crippen LogP contribution in [-0.2, 0) is 0 Å². The summed E-state index contributed by atoms with van der Waals surface area (Å²) in [6, 6.07) is 3.33. The monoisotopic (exact) mass is 236 g/mol. The van der Waals surface area contributed by atoms with Gasteiger partial charge in [0.2, 0.25) is 0 Å². The van der Waals surface area contributed by atoms with Gasteiger partial charge in [0.15, 0.2) is 0 Å². The first-order valence-corrected chi connectivity index (χ1v) is 5.92. The van der Waals surface area contributed by atoms with E-state index in [0.717, 1.165) is 12.8 Å². The molecule has 1 aromatic heterocycles. The number of nitrogens with two attached hydrogens (primary N) is 1. The zero-order valence-corrected chi connectivity index (χ0v) is 10.4. The van der Waals surface area contributed by atoms with Crippen molar-refractivity contribution in [1.29, 1.82) is 0 Å². The van der Waals surface area contributed by atoms with Gasteiger partial charge in [-0.05, 0) is 18.1 Å². The molecule has 5 nitrogen and oxygen atoms in total. The van der Waals surface area contributed by atoms with Gasteiger partial charge in [-0.1, -0.05) is 26.7 Å². The summed E-state index contributed by atoms with van der Waals surface area (Å²) >= 11 is 0. The first-order chi connectivity index (χ1) is 8.21. The predicted octanol–water partition coefficient (Wildman–Crippen LogP) is 1.53. The lowest BCUT2D eigenvalue weighted by Gasteiger charge is -2.13. The van der Waals surface area contributed by atoms with Crippen molar-refractivity contribution in [2.45, 2.75) is 26.7 Å². The molecule has 0 aliphatic carbocycles. The smallest absolute Gasteiger partial charge is 0.269 e. The first-order valence-electron chi connectivity index (χ1n) is 5.92. The molecule has 17 heavy (non-hydrogen) atoms. The lowest BCUT2D eigenvalue weighted by Crippen LogP contribution is -2.29. The molecule has 0 aromatic carbocycles. The van der Waals surface area contributed by atoms with Crippen molar-refractivity contribution in [3.05, 3.63) is 24.0 Å². The van der Waals surface area contributed by atoms with Crippen LogP contribution in [0.15, 0.2) is 18.3 Å². The molecule has 0 spiro atoms. The fourth-order valence-electron chi connectivity index (χ4n) is 1.55. The molecule has 0 bridgehead atoms. The van der Waals surface area contributed by atoms with Gasteiger partial charge in [-0.25, -0.2) is 0 Å². The van der Waals surface area contributed by atoms with Crippen molar-refractivity contribution in [2.24, 2.45) is 11.8 Å². The molecule has 0 radical (unpaired) electrons. The highest BCUT2D eigenvalue weighted by atomic mass is 16.1. The Labute approximate surface area is 102 Å². The quantitative estimate of drug-likeness (QED) is 0.517. The van der Waals surface area contributed by atoms with Gasteiger partial charge in [0.25, 0.3) is 5.91 Å². The number of carbonyl (C=O) groups is 1. The fraction of sp³-hybridized carbons (Fsp3) is 0.500. The van der Waals surface area contributed by atoms with Crippen molar-refractivity contribution < 1.29 is 4.79 Å². The summed E-state index contributed by atoms with van der Waals surface area (Å²) < 4.78 is 0. The van der Waals surface area contributed by atoms with Crippen molar-refractivity contribution in [2.75, 3.05) is 12.0 Å². The minimum Gasteiger partial charge on any atom is -0.350 e. The van der Waals surface area contributed by atoms with Crippen LogP contribution in [0.4, 0.5) is 5.69 Å². The highest BCUT2D eigenvalue weighted by Gasteiger charge is 2.10. The summed E-state index contributed by atoms with van der Waals surface area (Å²) in [6.45, 7) is 4.93. The summed E-state index contributed by atoms with van der Waals surface area (Å²) in [4.78, 5) is 15.8. The molecule has 0 fully saturated rings. The minimum atomic E-state index is -0.158. The van der Waals surface area contributed by atoms with Gasteiger partial charge in [0.1, 0.15) is 5.69 Å². The predicted molar refractivity (Wildman–Crippen MR) is 68.5 cm³/mol. The topological polar surface area (TPSA) is 80.0 Å². The Balaban J connectivity index is 2.57. The maximum atomic E-state index is 11.8. The number of hydrogen-bond acceptors (Lipinski definition) is 4. The van der Waals surface area contributed by atoms with E-state index in [4.69, 9.17) is 5.84 Å². The first kappa shape index (κ1) is 13.4. The number of nitrogen functional groups attached to an aromatic ring is 1. The second kappa shape index (κ2) is 6.85. The van der Waals surface area contributed by atoms with E-state index in [1.54, 1.807) is 18.3 Å². The van der Waals surface area contributed by atoms with Crippen LogP contribution in [0, 0.1) is 5.92 Å². The van der Waals surface area contributed by atoms with Crippen LogP contribution in [0.25, 0.3) is 0 Å². The molecule has 0 aliphatic rings. The Hall–Kier alpha value is -1.62. The van der Waals surface area contributed by atoms with E-state index in [2.05, 4.69) is 29.6 Å². The molecule has 1 rings (SSSR count). The average Bonchev–Trinajstić information content (AvgIpc) is 2.39. The summed E-state index contributed by atoms with van der Waals surface area (Å²) in [7, 11) is 0. The molecule has 1 aromatic rings. The van der Waals surface area contributed by atoms with Crippen LogP contribution in [0.2, 0.25) is 0 Å². The second-order valence-corrected chi connectivity index (χ2v) is 3.97. The summed E-state index contributed by atoms with van der Waals surface area (Å²) in [5, 5.41) is 2.88. The number of nitrogens with one attached hydrogen (secondary N) is 2. The number of aromatic nitrogens is 1. The lowest BCUT2D eigenvalue weighted by atomic mass is 10.0. The standard InChI is InChI=1S/C12H20N4O/c1-3-9(4-2)8-15-12(17)11-7-10(16-13)5-6-14-11/h5-7,9H,3-4,8,13H2,1-2H3,(H,14,16)(H,15,17). The van der Waals surface area contributed by atoms with E-state index in [-0.39, 0.29) is 5.91 Å². The number of hydrazine groups is 1. The summed E-state index contributed by atoms with van der Waals surface area (Å²) in [5.74, 6) is 5.64. The van der Waals surface area contributed by atoms with Crippen molar-refractivity contribution >= 4 is 11.6 Å². The number of carbonyl (C=O) groups excluding carboxylic acids is 1. The van der Waals surface area contributed by atoms with Gasteiger partial charge in [0, 0.05) is 12.7 Å². The Morgan fingerprint density at radius 2 is 2.18 bits per heavy atom. The zero-order chi connectivity index (χ0) is 12.7. The molecule has 94 valence electrons. The van der Waals surface area contributed by atoms with E-state index in [1.807, 2.05) is 0 Å². The van der Waals surface area contributed by atoms with Gasteiger partial charge in [-0.3, -0.25) is 15.6 Å². The van der Waals surface area contributed by atoms with Crippen LogP contribution < -0.4 is 16.6 Å². The molecule has 1 amide bonds. The Morgan fingerprint density at radius 3 is 2.76 bits per heavy atom. The third kappa shape index (κ3) is 4.03. The number of hydrogen-bond donors (Lipinski definition) is 3. The number of anilines is 1. The van der Waals surface area contributed by atoms with Gasteiger partial charge < -0.3 is 10.7 Å². The molecular weight excluding hydrogens is 216 g/mol. The van der Waals surface area contributed by atoms with Crippen LogP contribution in [-0.4, -0.2) is 17.4 Å². The van der Waals surface area contributed by atoms with E-state index >= 15 is 0 Å². The van der Waals surface area contributed by atoms with Crippen LogP contribution in [0.1, 0.15) is 37.2 Å². The van der Waals surface area contributed by atoms with E-state index < -0.39 is 0 Å². The number of amides is 1. The molecule has 5 heteroatoms. The third-order valence-corrected chi connectivity index (χ3v) is 2.87. The number of nitrogens with zero attached hydrogens (tertiary/aromatic N) is 1. The Kier molecular flexibility index (Phi) is 5.42. The molecule has 1 heterocycles. The van der Waals surface area contributed by atoms with E-state index in [0.29, 0.717) is 23.8 Å². The van der Waals surface area contributed by atoms with Crippen molar-refractivity contribution in [3.8, 4) is 0 Å². The van der Waals surface area contributed by atoms with E-state index in [9.17, 15) is 4.79 Å². The van der Waals surface area contributed by atoms with E-state index in [1.165, 1.54) is 0 Å². The third-order valence-electron chi connectivity index (χ3n) is 2.87. The van der Waals surface area contributed by atoms with Crippen molar-refractivity contribution in [3.63, 3.8) is 0 Å². The largest absolute Gasteiger partial charge is 0.350 e. The Bertz CT molecular complexity index is 363. The average molecular weight is 236 g/mol. The van der Waals surface area contributed by atoms with Gasteiger partial charge >= 0.3 is 0 Å². The van der Waals surface area contributed by atoms with Crippen LogP contribution >= 0.6 is 0 Å². The molecule has 0 atom stereocenters. The molecular formula is C12H20N4O. The molecule has 0 saturated carbocycles. The summed E-state index contributed by atoms with van der Waals surface area (Å²) in [5.41, 5.74) is 3.54. The highest BCUT2D eigenvalue weighted by Crippen LogP contribution is 2.08. The molecule has 0 unspecified atom stereocenters. The number of pyridine rings is 1. The molecule has 4 N–H and O–H groups in total. The van der Waals surface area contributed by atoms with Crippen LogP contribution in [0.5, 0.6) is 0 Å². The fourth-order valence-corrected chi connectivity index (χ4v) is 1.55. The van der Waals surface area contributed by atoms with Crippen LogP contribution in [0.3, 0.4) is 0 Å². The lowest BCUT2D eigenvalue weighted by molar-refractivity contribution is 0.0941. The zero-order valence-electron chi connectivity index (χ0n) is 10.4. The van der Waals surface area contributed by atoms with Crippen molar-refractivity contribution in [1.82, 2.24) is 10.3 Å². The molecule has 0 saturated heterocycles. The van der Waals surface area contributed by atoms with Gasteiger partial charge in [-0.15, -0.1) is 0 Å².